The molecule has 3 rings (SSSR count). The molecule has 0 radical (unpaired) electrons. The Morgan fingerprint density at radius 3 is 2.39 bits per heavy atom. The molecule has 0 aliphatic rings. The van der Waals surface area contributed by atoms with Crippen molar-refractivity contribution in [1.82, 2.24) is 15.3 Å². The molecule has 1 amide bonds. The number of aromatic hydroxyl groups is 2. The monoisotopic (exact) mass is 425 g/mol. The van der Waals surface area contributed by atoms with Crippen LogP contribution in [-0.4, -0.2) is 59.4 Å². The topological polar surface area (TPSA) is 120 Å². The maximum absolute atomic E-state index is 12.4. The minimum absolute atomic E-state index is 0.0714. The Morgan fingerprint density at radius 1 is 1.06 bits per heavy atom. The summed E-state index contributed by atoms with van der Waals surface area (Å²) in [5.74, 6) is 0.245. The molecule has 0 fully saturated rings. The van der Waals surface area contributed by atoms with Crippen molar-refractivity contribution in [3.63, 3.8) is 0 Å². The van der Waals surface area contributed by atoms with Crippen LogP contribution in [0.4, 0.5) is 11.8 Å². The normalized spacial score (nSPS) is 10.7. The van der Waals surface area contributed by atoms with Crippen LogP contribution < -0.4 is 20.3 Å². The molecule has 0 saturated carbocycles. The van der Waals surface area contributed by atoms with Crippen LogP contribution in [0.2, 0.25) is 0 Å². The number of carbonyl (C=O) groups excluding carboxylic acids is 1. The van der Waals surface area contributed by atoms with Crippen LogP contribution >= 0.6 is 0 Å². The number of nitrogens with one attached hydrogen (secondary N) is 2. The molecule has 0 saturated heterocycles. The predicted octanol–water partition coefficient (Wildman–Crippen LogP) is 2.74. The molecule has 0 bridgehead atoms. The summed E-state index contributed by atoms with van der Waals surface area (Å²) in [7, 11) is 1.32. The summed E-state index contributed by atoms with van der Waals surface area (Å²) >= 11 is 0. The Morgan fingerprint density at radius 2 is 1.74 bits per heavy atom. The number of rotatable bonds is 9. The van der Waals surface area contributed by atoms with Crippen molar-refractivity contribution in [2.45, 2.75) is 13.8 Å². The fourth-order valence-corrected chi connectivity index (χ4v) is 3.24. The number of aromatic nitrogens is 2. The summed E-state index contributed by atoms with van der Waals surface area (Å²) in [4.78, 5) is 23.8. The third-order valence-electron chi connectivity index (χ3n) is 4.86. The molecular weight excluding hydrogens is 398 g/mol. The van der Waals surface area contributed by atoms with Gasteiger partial charge >= 0.3 is 0 Å². The van der Waals surface area contributed by atoms with E-state index in [9.17, 15) is 15.0 Å². The van der Waals surface area contributed by atoms with Crippen molar-refractivity contribution >= 4 is 28.6 Å². The molecule has 4 N–H and O–H groups in total. The molecule has 9 nitrogen and oxygen atoms in total. The summed E-state index contributed by atoms with van der Waals surface area (Å²) in [5.41, 5.74) is 0.974. The predicted molar refractivity (Wildman–Crippen MR) is 120 cm³/mol. The highest BCUT2D eigenvalue weighted by Crippen LogP contribution is 2.36. The average Bonchev–Trinajstić information content (AvgIpc) is 2.77. The minimum atomic E-state index is -0.425. The van der Waals surface area contributed by atoms with E-state index in [1.54, 1.807) is 0 Å². The van der Waals surface area contributed by atoms with Gasteiger partial charge in [-0.05, 0) is 38.1 Å². The van der Waals surface area contributed by atoms with Crippen LogP contribution in [-0.2, 0) is 0 Å². The third kappa shape index (κ3) is 4.88. The summed E-state index contributed by atoms with van der Waals surface area (Å²) in [5, 5.41) is 26.6. The number of methoxy groups -OCH3 is 1. The van der Waals surface area contributed by atoms with Gasteiger partial charge in [0.25, 0.3) is 5.91 Å². The smallest absolute Gasteiger partial charge is 0.251 e. The molecule has 0 unspecified atom stereocenters. The standard InChI is InChI=1S/C22H27N5O4/c1-4-27(5-2)22-25-16-9-7-6-8-15(16)20(26-22)23-10-11-24-21(30)14-12-17(28)19(31-3)18(29)13-14/h6-9,12-13,28-29H,4-5,10-11H2,1-3H3,(H,24,30)(H,23,25,26). The molecule has 2 aromatic carbocycles. The van der Waals surface area contributed by atoms with Crippen molar-refractivity contribution in [2.24, 2.45) is 0 Å². The fourth-order valence-electron chi connectivity index (χ4n) is 3.24. The van der Waals surface area contributed by atoms with E-state index >= 15 is 0 Å². The summed E-state index contributed by atoms with van der Waals surface area (Å²) in [6.45, 7) is 6.44. The third-order valence-corrected chi connectivity index (χ3v) is 4.86. The van der Waals surface area contributed by atoms with E-state index in [1.807, 2.05) is 24.3 Å². The van der Waals surface area contributed by atoms with Gasteiger partial charge in [-0.25, -0.2) is 4.98 Å². The SMILES string of the molecule is CCN(CC)c1nc(NCCNC(=O)c2cc(O)c(OC)c(O)c2)c2ccccc2n1. The largest absolute Gasteiger partial charge is 0.504 e. The van der Waals surface area contributed by atoms with E-state index in [1.165, 1.54) is 19.2 Å². The van der Waals surface area contributed by atoms with Gasteiger partial charge in [-0.2, -0.15) is 4.98 Å². The first-order chi connectivity index (χ1) is 15.0. The lowest BCUT2D eigenvalue weighted by Gasteiger charge is -2.20. The second kappa shape index (κ2) is 9.84. The van der Waals surface area contributed by atoms with Crippen molar-refractivity contribution in [3.05, 3.63) is 42.0 Å². The van der Waals surface area contributed by atoms with Crippen LogP contribution in [0.1, 0.15) is 24.2 Å². The maximum atomic E-state index is 12.4. The van der Waals surface area contributed by atoms with E-state index in [0.29, 0.717) is 24.9 Å². The average molecular weight is 425 g/mol. The number of para-hydroxylation sites is 1. The number of phenolic OH excluding ortho intramolecular Hbond substituents is 2. The first-order valence-corrected chi connectivity index (χ1v) is 10.1. The maximum Gasteiger partial charge on any atom is 0.251 e. The number of amides is 1. The molecule has 1 heterocycles. The van der Waals surface area contributed by atoms with Crippen LogP contribution in [0, 0.1) is 0 Å². The van der Waals surface area contributed by atoms with E-state index in [2.05, 4.69) is 39.3 Å². The van der Waals surface area contributed by atoms with Crippen molar-refractivity contribution in [3.8, 4) is 17.2 Å². The highest BCUT2D eigenvalue weighted by Gasteiger charge is 2.15. The fraction of sp³-hybridized carbons (Fsp3) is 0.318. The number of hydrogen-bond donors (Lipinski definition) is 4. The van der Waals surface area contributed by atoms with Gasteiger partial charge in [0, 0.05) is 37.1 Å². The second-order valence-electron chi connectivity index (χ2n) is 6.79. The highest BCUT2D eigenvalue weighted by atomic mass is 16.5. The molecule has 3 aromatic rings. The lowest BCUT2D eigenvalue weighted by molar-refractivity contribution is 0.0954. The summed E-state index contributed by atoms with van der Waals surface area (Å²) in [6.07, 6.45) is 0. The second-order valence-corrected chi connectivity index (χ2v) is 6.79. The first-order valence-electron chi connectivity index (χ1n) is 10.1. The van der Waals surface area contributed by atoms with Crippen molar-refractivity contribution < 1.29 is 19.7 Å². The number of anilines is 2. The Hall–Kier alpha value is -3.75. The number of ether oxygens (including phenoxy) is 1. The molecule has 9 heteroatoms. The zero-order valence-electron chi connectivity index (χ0n) is 17.8. The first kappa shape index (κ1) is 21.9. The van der Waals surface area contributed by atoms with Crippen molar-refractivity contribution in [2.75, 3.05) is 43.5 Å². The van der Waals surface area contributed by atoms with Gasteiger partial charge in [0.1, 0.15) is 5.82 Å². The Labute approximate surface area is 180 Å². The lowest BCUT2D eigenvalue weighted by atomic mass is 10.1. The number of carbonyl (C=O) groups is 1. The van der Waals surface area contributed by atoms with Gasteiger partial charge in [0.2, 0.25) is 11.7 Å². The van der Waals surface area contributed by atoms with Gasteiger partial charge in [-0.1, -0.05) is 12.1 Å². The van der Waals surface area contributed by atoms with Gasteiger partial charge in [0.15, 0.2) is 11.5 Å². The molecule has 164 valence electrons. The Balaban J connectivity index is 1.68. The number of hydrogen-bond acceptors (Lipinski definition) is 8. The van der Waals surface area contributed by atoms with Crippen LogP contribution in [0.15, 0.2) is 36.4 Å². The lowest BCUT2D eigenvalue weighted by Crippen LogP contribution is -2.29. The summed E-state index contributed by atoms with van der Waals surface area (Å²) in [6, 6.07) is 10.2. The van der Waals surface area contributed by atoms with E-state index in [4.69, 9.17) is 4.74 Å². The van der Waals surface area contributed by atoms with Gasteiger partial charge < -0.3 is 30.5 Å². The molecule has 0 atom stereocenters. The number of benzene rings is 2. The molecule has 0 spiro atoms. The van der Waals surface area contributed by atoms with E-state index in [0.717, 1.165) is 24.0 Å². The number of nitrogens with zero attached hydrogens (tertiary/aromatic N) is 3. The van der Waals surface area contributed by atoms with Gasteiger partial charge in [-0.15, -0.1) is 0 Å². The zero-order valence-corrected chi connectivity index (χ0v) is 17.8. The van der Waals surface area contributed by atoms with Gasteiger partial charge in [-0.3, -0.25) is 4.79 Å². The van der Waals surface area contributed by atoms with E-state index in [-0.39, 0.29) is 22.8 Å². The van der Waals surface area contributed by atoms with E-state index < -0.39 is 5.91 Å². The van der Waals surface area contributed by atoms with Crippen LogP contribution in [0.25, 0.3) is 10.9 Å². The molecule has 31 heavy (non-hydrogen) atoms. The van der Waals surface area contributed by atoms with Crippen LogP contribution in [0.5, 0.6) is 17.2 Å². The number of phenols is 2. The molecule has 0 aliphatic heterocycles. The highest BCUT2D eigenvalue weighted by molar-refractivity contribution is 5.95. The summed E-state index contributed by atoms with van der Waals surface area (Å²) < 4.78 is 4.88. The van der Waals surface area contributed by atoms with Crippen molar-refractivity contribution in [1.29, 1.82) is 0 Å². The zero-order chi connectivity index (χ0) is 22.4. The number of fused-ring (bicyclic) bond motifs is 1. The molecule has 0 aliphatic carbocycles. The van der Waals surface area contributed by atoms with Gasteiger partial charge in [0.05, 0.1) is 12.6 Å². The quantitative estimate of drug-likeness (QED) is 0.386. The molecule has 1 aromatic heterocycles. The Bertz CT molecular complexity index is 1050. The minimum Gasteiger partial charge on any atom is -0.504 e. The Kier molecular flexibility index (Phi) is 6.96. The molecular formula is C22H27N5O4. The van der Waals surface area contributed by atoms with Crippen LogP contribution in [0.3, 0.4) is 0 Å².